The van der Waals surface area contributed by atoms with Gasteiger partial charge in [0.05, 0.1) is 12.6 Å². The van der Waals surface area contributed by atoms with Crippen LogP contribution in [0, 0.1) is 25.7 Å². The van der Waals surface area contributed by atoms with Gasteiger partial charge in [-0.25, -0.2) is 9.67 Å². The summed E-state index contributed by atoms with van der Waals surface area (Å²) < 4.78 is 1.91. The molecular weight excluding hydrogens is 320 g/mol. The molecule has 0 saturated carbocycles. The molecule has 0 bridgehead atoms. The van der Waals surface area contributed by atoms with E-state index in [0.717, 1.165) is 37.6 Å². The third-order valence-electron chi connectivity index (χ3n) is 4.70. The number of nitrogens with two attached hydrogens (primary N) is 1. The molecule has 1 aliphatic heterocycles. The monoisotopic (exact) mass is 350 g/mol. The number of likely N-dealkylation sites (tertiary alicyclic amines) is 1. The van der Waals surface area contributed by atoms with E-state index in [1.54, 1.807) is 0 Å². The van der Waals surface area contributed by atoms with Crippen molar-refractivity contribution in [2.75, 3.05) is 19.6 Å². The average Bonchev–Trinajstić information content (AvgIpc) is 2.89. The van der Waals surface area contributed by atoms with Crippen LogP contribution in [-0.4, -0.2) is 57.2 Å². The van der Waals surface area contributed by atoms with Crippen molar-refractivity contribution in [2.45, 2.75) is 53.1 Å². The van der Waals surface area contributed by atoms with E-state index < -0.39 is 6.04 Å². The summed E-state index contributed by atoms with van der Waals surface area (Å²) >= 11 is 0. The normalized spacial score (nSPS) is 19.1. The minimum absolute atomic E-state index is 0.00738. The summed E-state index contributed by atoms with van der Waals surface area (Å²) in [6, 6.07) is -0.583. The van der Waals surface area contributed by atoms with Crippen LogP contribution in [0.3, 0.4) is 0 Å². The first-order chi connectivity index (χ1) is 11.8. The largest absolute Gasteiger partial charge is 0.346 e. The maximum atomic E-state index is 12.4. The fraction of sp³-hybridized carbons (Fsp3) is 0.765. The second-order valence-electron chi connectivity index (χ2n) is 7.22. The highest BCUT2D eigenvalue weighted by Crippen LogP contribution is 2.18. The van der Waals surface area contributed by atoms with Crippen LogP contribution < -0.4 is 11.1 Å². The van der Waals surface area contributed by atoms with Gasteiger partial charge in [-0.05, 0) is 38.5 Å². The molecule has 3 N–H and O–H groups in total. The first-order valence-corrected chi connectivity index (χ1v) is 8.97. The van der Waals surface area contributed by atoms with Crippen molar-refractivity contribution in [1.29, 1.82) is 0 Å². The molecule has 8 heteroatoms. The number of carbonyl (C=O) groups excluding carboxylic acids is 2. The van der Waals surface area contributed by atoms with Crippen molar-refractivity contribution in [2.24, 2.45) is 17.6 Å². The van der Waals surface area contributed by atoms with Crippen molar-refractivity contribution >= 4 is 11.8 Å². The van der Waals surface area contributed by atoms with Gasteiger partial charge in [0, 0.05) is 19.6 Å². The standard InChI is InChI=1S/C17H30N6O2/c1-11(2)16(18)17(25)19-8-15(24)22-7-5-6-14(9-22)10-23-13(4)20-12(3)21-23/h11,14,16H,5-10,18H2,1-4H3,(H,19,25)/t14?,16-/m0/s1. The Hall–Kier alpha value is -1.96. The molecule has 1 saturated heterocycles. The second-order valence-corrected chi connectivity index (χ2v) is 7.22. The van der Waals surface area contributed by atoms with E-state index in [4.69, 9.17) is 5.73 Å². The first kappa shape index (κ1) is 19.4. The predicted octanol–water partition coefficient (Wildman–Crippen LogP) is 0.233. The van der Waals surface area contributed by atoms with E-state index in [2.05, 4.69) is 15.4 Å². The molecule has 1 unspecified atom stereocenters. The zero-order chi connectivity index (χ0) is 18.6. The minimum atomic E-state index is -0.583. The summed E-state index contributed by atoms with van der Waals surface area (Å²) in [5.74, 6) is 1.74. The second kappa shape index (κ2) is 8.42. The molecule has 1 aromatic rings. The number of piperidine rings is 1. The quantitative estimate of drug-likeness (QED) is 0.764. The van der Waals surface area contributed by atoms with Gasteiger partial charge < -0.3 is 16.0 Å². The molecule has 2 heterocycles. The number of hydrogen-bond acceptors (Lipinski definition) is 5. The highest BCUT2D eigenvalue weighted by atomic mass is 16.2. The molecule has 2 atom stereocenters. The highest BCUT2D eigenvalue weighted by Gasteiger charge is 2.25. The number of amides is 2. The van der Waals surface area contributed by atoms with Crippen LogP contribution in [-0.2, 0) is 16.1 Å². The molecule has 0 radical (unpaired) electrons. The third-order valence-corrected chi connectivity index (χ3v) is 4.70. The van der Waals surface area contributed by atoms with Gasteiger partial charge >= 0.3 is 0 Å². The lowest BCUT2D eigenvalue weighted by Gasteiger charge is -2.33. The fourth-order valence-electron chi connectivity index (χ4n) is 3.11. The zero-order valence-corrected chi connectivity index (χ0v) is 15.7. The van der Waals surface area contributed by atoms with E-state index in [9.17, 15) is 9.59 Å². The molecule has 8 nitrogen and oxygen atoms in total. The molecule has 0 aromatic carbocycles. The molecule has 1 aliphatic rings. The lowest BCUT2D eigenvalue weighted by Crippen LogP contribution is -2.49. The summed E-state index contributed by atoms with van der Waals surface area (Å²) in [5.41, 5.74) is 5.80. The number of nitrogens with zero attached hydrogens (tertiary/aromatic N) is 4. The highest BCUT2D eigenvalue weighted by molar-refractivity contribution is 5.87. The SMILES string of the molecule is Cc1nc(C)n(CC2CCCN(C(=O)CNC(=O)[C@@H](N)C(C)C)C2)n1. The molecule has 140 valence electrons. The smallest absolute Gasteiger partial charge is 0.241 e. The number of carbonyl (C=O) groups is 2. The van der Waals surface area contributed by atoms with Gasteiger partial charge in [0.2, 0.25) is 11.8 Å². The molecule has 25 heavy (non-hydrogen) atoms. The van der Waals surface area contributed by atoms with Crippen LogP contribution in [0.1, 0.15) is 38.3 Å². The molecule has 1 fully saturated rings. The maximum absolute atomic E-state index is 12.4. The lowest BCUT2D eigenvalue weighted by molar-refractivity contribution is -0.134. The van der Waals surface area contributed by atoms with Gasteiger partial charge in [0.25, 0.3) is 0 Å². The van der Waals surface area contributed by atoms with Crippen LogP contribution >= 0.6 is 0 Å². The molecule has 1 aromatic heterocycles. The van der Waals surface area contributed by atoms with Crippen LogP contribution in [0.4, 0.5) is 0 Å². The predicted molar refractivity (Wildman–Crippen MR) is 94.6 cm³/mol. The van der Waals surface area contributed by atoms with Gasteiger partial charge in [-0.15, -0.1) is 0 Å². The Labute approximate surface area is 149 Å². The summed E-state index contributed by atoms with van der Waals surface area (Å²) in [4.78, 5) is 30.4. The molecule has 0 aliphatic carbocycles. The molecule has 2 amide bonds. The van der Waals surface area contributed by atoms with Gasteiger partial charge in [0.15, 0.2) is 0 Å². The summed E-state index contributed by atoms with van der Waals surface area (Å²) in [7, 11) is 0. The number of nitrogens with one attached hydrogen (secondary N) is 1. The first-order valence-electron chi connectivity index (χ1n) is 8.97. The van der Waals surface area contributed by atoms with Gasteiger partial charge in [-0.2, -0.15) is 5.10 Å². The number of rotatable bonds is 6. The lowest BCUT2D eigenvalue weighted by atomic mass is 9.98. The van der Waals surface area contributed by atoms with Crippen molar-refractivity contribution in [3.05, 3.63) is 11.6 Å². The van der Waals surface area contributed by atoms with Crippen molar-refractivity contribution in [1.82, 2.24) is 25.0 Å². The van der Waals surface area contributed by atoms with Crippen molar-refractivity contribution in [3.63, 3.8) is 0 Å². The van der Waals surface area contributed by atoms with E-state index in [-0.39, 0.29) is 24.3 Å². The molecule has 2 rings (SSSR count). The van der Waals surface area contributed by atoms with Crippen LogP contribution in [0.25, 0.3) is 0 Å². The maximum Gasteiger partial charge on any atom is 0.241 e. The fourth-order valence-corrected chi connectivity index (χ4v) is 3.11. The van der Waals surface area contributed by atoms with Gasteiger partial charge in [-0.3, -0.25) is 9.59 Å². The molecule has 0 spiro atoms. The van der Waals surface area contributed by atoms with Crippen LogP contribution in [0.15, 0.2) is 0 Å². The number of aryl methyl sites for hydroxylation is 2. The van der Waals surface area contributed by atoms with Gasteiger partial charge in [-0.1, -0.05) is 13.8 Å². The van der Waals surface area contributed by atoms with E-state index in [0.29, 0.717) is 12.5 Å². The Morgan fingerprint density at radius 2 is 2.08 bits per heavy atom. The summed E-state index contributed by atoms with van der Waals surface area (Å²) in [6.07, 6.45) is 2.02. The Morgan fingerprint density at radius 3 is 2.68 bits per heavy atom. The van der Waals surface area contributed by atoms with Gasteiger partial charge in [0.1, 0.15) is 11.6 Å². The third kappa shape index (κ3) is 5.26. The van der Waals surface area contributed by atoms with E-state index in [1.807, 2.05) is 37.3 Å². The average molecular weight is 350 g/mol. The summed E-state index contributed by atoms with van der Waals surface area (Å²) in [5, 5.41) is 7.06. The van der Waals surface area contributed by atoms with Crippen LogP contribution in [0.2, 0.25) is 0 Å². The zero-order valence-electron chi connectivity index (χ0n) is 15.7. The summed E-state index contributed by atoms with van der Waals surface area (Å²) in [6.45, 7) is 9.78. The Balaban J connectivity index is 1.84. The number of aromatic nitrogens is 3. The molecular formula is C17H30N6O2. The van der Waals surface area contributed by atoms with E-state index in [1.165, 1.54) is 0 Å². The van der Waals surface area contributed by atoms with E-state index >= 15 is 0 Å². The Morgan fingerprint density at radius 1 is 1.36 bits per heavy atom. The topological polar surface area (TPSA) is 106 Å². The Bertz CT molecular complexity index is 612. The van der Waals surface area contributed by atoms with Crippen LogP contribution in [0.5, 0.6) is 0 Å². The number of hydrogen-bond donors (Lipinski definition) is 2. The van der Waals surface area contributed by atoms with Crippen molar-refractivity contribution < 1.29 is 9.59 Å². The van der Waals surface area contributed by atoms with Crippen molar-refractivity contribution in [3.8, 4) is 0 Å². The minimum Gasteiger partial charge on any atom is -0.346 e. The Kier molecular flexibility index (Phi) is 6.52.